The standard InChI is InChI=1S/C11H24OSi/c1-5-9-11(7-3,10-6-2)12-13-8-4/h8H,4-7,9-10,13H2,1-3H3. The van der Waals surface area contributed by atoms with Gasteiger partial charge in [0.1, 0.15) is 0 Å². The molecule has 0 N–H and O–H groups in total. The minimum Gasteiger partial charge on any atom is -0.414 e. The predicted molar refractivity (Wildman–Crippen MR) is 62.7 cm³/mol. The van der Waals surface area contributed by atoms with Crippen molar-refractivity contribution >= 4 is 9.76 Å². The Hall–Kier alpha value is -0.0831. The summed E-state index contributed by atoms with van der Waals surface area (Å²) in [5.41, 5.74) is 2.17. The van der Waals surface area contributed by atoms with Crippen LogP contribution in [0.5, 0.6) is 0 Å². The summed E-state index contributed by atoms with van der Waals surface area (Å²) >= 11 is 0. The van der Waals surface area contributed by atoms with Gasteiger partial charge in [0.05, 0.1) is 5.60 Å². The molecule has 0 amide bonds. The van der Waals surface area contributed by atoms with E-state index in [0.717, 1.165) is 6.42 Å². The summed E-state index contributed by atoms with van der Waals surface area (Å²) in [4.78, 5) is 0. The second-order valence-electron chi connectivity index (χ2n) is 3.64. The molecular weight excluding hydrogens is 176 g/mol. The van der Waals surface area contributed by atoms with E-state index in [1.54, 1.807) is 0 Å². The monoisotopic (exact) mass is 200 g/mol. The smallest absolute Gasteiger partial charge is 0.185 e. The van der Waals surface area contributed by atoms with Crippen molar-refractivity contribution in [2.24, 2.45) is 0 Å². The molecule has 0 bridgehead atoms. The van der Waals surface area contributed by atoms with Crippen LogP contribution in [0, 0.1) is 0 Å². The Morgan fingerprint density at radius 1 is 1.23 bits per heavy atom. The van der Waals surface area contributed by atoms with Gasteiger partial charge in [-0.2, -0.15) is 0 Å². The molecule has 2 heteroatoms. The van der Waals surface area contributed by atoms with Gasteiger partial charge in [0.2, 0.25) is 0 Å². The van der Waals surface area contributed by atoms with Crippen LogP contribution in [0.25, 0.3) is 0 Å². The average Bonchev–Trinajstić information content (AvgIpc) is 2.15. The fourth-order valence-corrected chi connectivity index (χ4v) is 2.84. The van der Waals surface area contributed by atoms with Gasteiger partial charge in [-0.3, -0.25) is 0 Å². The van der Waals surface area contributed by atoms with Crippen LogP contribution in [-0.2, 0) is 4.43 Å². The first-order valence-electron chi connectivity index (χ1n) is 5.49. The minimum atomic E-state index is -0.470. The number of rotatable bonds is 8. The molecule has 0 radical (unpaired) electrons. The quantitative estimate of drug-likeness (QED) is 0.547. The van der Waals surface area contributed by atoms with Crippen molar-refractivity contribution in [1.29, 1.82) is 0 Å². The molecule has 0 saturated heterocycles. The summed E-state index contributed by atoms with van der Waals surface area (Å²) < 4.78 is 6.03. The van der Waals surface area contributed by atoms with Crippen molar-refractivity contribution in [3.63, 3.8) is 0 Å². The summed E-state index contributed by atoms with van der Waals surface area (Å²) in [6, 6.07) is 0. The van der Waals surface area contributed by atoms with Crippen molar-refractivity contribution in [3.05, 3.63) is 12.3 Å². The van der Waals surface area contributed by atoms with Gasteiger partial charge in [0, 0.05) is 0 Å². The topological polar surface area (TPSA) is 9.23 Å². The maximum atomic E-state index is 6.03. The SMILES string of the molecule is C=C[SiH2]OC(CC)(CCC)CCC. The number of hydrogen-bond acceptors (Lipinski definition) is 1. The molecule has 0 aromatic heterocycles. The first-order valence-corrected chi connectivity index (χ1v) is 6.89. The molecule has 1 nitrogen and oxygen atoms in total. The second-order valence-corrected chi connectivity index (χ2v) is 4.84. The van der Waals surface area contributed by atoms with Crippen molar-refractivity contribution < 1.29 is 4.43 Å². The van der Waals surface area contributed by atoms with Crippen LogP contribution >= 0.6 is 0 Å². The van der Waals surface area contributed by atoms with Crippen LogP contribution in [0.1, 0.15) is 52.9 Å². The molecule has 78 valence electrons. The van der Waals surface area contributed by atoms with Gasteiger partial charge in [-0.1, -0.05) is 39.3 Å². The van der Waals surface area contributed by atoms with Crippen molar-refractivity contribution in [1.82, 2.24) is 0 Å². The van der Waals surface area contributed by atoms with Gasteiger partial charge in [-0.05, 0) is 19.3 Å². The van der Waals surface area contributed by atoms with E-state index in [1.165, 1.54) is 25.7 Å². The van der Waals surface area contributed by atoms with Crippen LogP contribution in [0.4, 0.5) is 0 Å². The Kier molecular flexibility index (Phi) is 7.29. The Balaban J connectivity index is 4.15. The van der Waals surface area contributed by atoms with Crippen LogP contribution in [0.2, 0.25) is 0 Å². The Morgan fingerprint density at radius 3 is 2.08 bits per heavy atom. The maximum Gasteiger partial charge on any atom is 0.185 e. The molecule has 0 atom stereocenters. The zero-order valence-electron chi connectivity index (χ0n) is 9.44. The highest BCUT2D eigenvalue weighted by atomic mass is 28.2. The lowest BCUT2D eigenvalue weighted by atomic mass is 9.90. The Bertz CT molecular complexity index is 128. The lowest BCUT2D eigenvalue weighted by molar-refractivity contribution is 0.0505. The summed E-state index contributed by atoms with van der Waals surface area (Å²) in [6.07, 6.45) is 6.00. The molecule has 0 aliphatic carbocycles. The summed E-state index contributed by atoms with van der Waals surface area (Å²) in [5, 5.41) is 0. The lowest BCUT2D eigenvalue weighted by Gasteiger charge is -2.33. The van der Waals surface area contributed by atoms with E-state index in [1.807, 2.05) is 5.70 Å². The third kappa shape index (κ3) is 4.63. The van der Waals surface area contributed by atoms with Gasteiger partial charge < -0.3 is 4.43 Å². The Labute approximate surface area is 85.5 Å². The average molecular weight is 200 g/mol. The van der Waals surface area contributed by atoms with E-state index in [4.69, 9.17) is 4.43 Å². The fourth-order valence-electron chi connectivity index (χ4n) is 1.87. The fraction of sp³-hybridized carbons (Fsp3) is 0.818. The van der Waals surface area contributed by atoms with E-state index < -0.39 is 9.76 Å². The third-order valence-electron chi connectivity index (χ3n) is 2.56. The first-order chi connectivity index (χ1) is 6.24. The zero-order chi connectivity index (χ0) is 10.2. The molecule has 0 fully saturated rings. The molecule has 0 saturated carbocycles. The number of hydrogen-bond donors (Lipinski definition) is 0. The van der Waals surface area contributed by atoms with Gasteiger partial charge in [0.15, 0.2) is 9.76 Å². The van der Waals surface area contributed by atoms with Gasteiger partial charge in [-0.25, -0.2) is 0 Å². The highest BCUT2D eigenvalue weighted by Gasteiger charge is 2.25. The van der Waals surface area contributed by atoms with Crippen LogP contribution < -0.4 is 0 Å². The van der Waals surface area contributed by atoms with Crippen LogP contribution in [0.15, 0.2) is 12.3 Å². The highest BCUT2D eigenvalue weighted by Crippen LogP contribution is 2.27. The summed E-state index contributed by atoms with van der Waals surface area (Å²) in [6.45, 7) is 10.5. The first kappa shape index (κ1) is 12.9. The van der Waals surface area contributed by atoms with Gasteiger partial charge >= 0.3 is 0 Å². The third-order valence-corrected chi connectivity index (χ3v) is 3.58. The normalized spacial score (nSPS) is 12.5. The summed E-state index contributed by atoms with van der Waals surface area (Å²) in [7, 11) is -0.470. The molecule has 0 aliphatic rings. The lowest BCUT2D eigenvalue weighted by Crippen LogP contribution is -2.32. The van der Waals surface area contributed by atoms with Crippen molar-refractivity contribution in [3.8, 4) is 0 Å². The molecule has 0 aliphatic heterocycles. The van der Waals surface area contributed by atoms with Crippen molar-refractivity contribution in [2.75, 3.05) is 0 Å². The van der Waals surface area contributed by atoms with E-state index >= 15 is 0 Å². The van der Waals surface area contributed by atoms with Crippen LogP contribution in [0.3, 0.4) is 0 Å². The molecule has 13 heavy (non-hydrogen) atoms. The van der Waals surface area contributed by atoms with Gasteiger partial charge in [-0.15, -0.1) is 6.58 Å². The molecule has 0 aromatic carbocycles. The molecule has 0 rings (SSSR count). The second kappa shape index (κ2) is 7.33. The van der Waals surface area contributed by atoms with E-state index in [0.29, 0.717) is 0 Å². The minimum absolute atomic E-state index is 0.184. The molecule has 0 unspecified atom stereocenters. The molecular formula is C11H24OSi. The maximum absolute atomic E-state index is 6.03. The largest absolute Gasteiger partial charge is 0.414 e. The van der Waals surface area contributed by atoms with E-state index in [9.17, 15) is 0 Å². The van der Waals surface area contributed by atoms with E-state index in [-0.39, 0.29) is 5.60 Å². The molecule has 0 aromatic rings. The summed E-state index contributed by atoms with van der Waals surface area (Å²) in [5.74, 6) is 0. The highest BCUT2D eigenvalue weighted by molar-refractivity contribution is 6.34. The van der Waals surface area contributed by atoms with Crippen molar-refractivity contribution in [2.45, 2.75) is 58.5 Å². The predicted octanol–water partition coefficient (Wildman–Crippen LogP) is 2.98. The van der Waals surface area contributed by atoms with Crippen LogP contribution in [-0.4, -0.2) is 15.4 Å². The van der Waals surface area contributed by atoms with Gasteiger partial charge in [0.25, 0.3) is 0 Å². The molecule has 0 heterocycles. The van der Waals surface area contributed by atoms with E-state index in [2.05, 4.69) is 27.4 Å². The Morgan fingerprint density at radius 2 is 1.77 bits per heavy atom. The zero-order valence-corrected chi connectivity index (χ0v) is 10.8. The molecule has 0 spiro atoms.